The van der Waals surface area contributed by atoms with Crippen LogP contribution in [0.15, 0.2) is 24.5 Å². The molecule has 39 heavy (non-hydrogen) atoms. The zero-order valence-electron chi connectivity index (χ0n) is 22.6. The predicted molar refractivity (Wildman–Crippen MR) is 146 cm³/mol. The Labute approximate surface area is 226 Å². The van der Waals surface area contributed by atoms with E-state index in [9.17, 15) is 14.3 Å². The Balaban J connectivity index is 1.48. The zero-order chi connectivity index (χ0) is 27.7. The van der Waals surface area contributed by atoms with Crippen molar-refractivity contribution in [1.82, 2.24) is 34.7 Å². The third-order valence-corrected chi connectivity index (χ3v) is 7.52. The van der Waals surface area contributed by atoms with E-state index in [0.29, 0.717) is 41.7 Å². The molecule has 1 aliphatic carbocycles. The largest absolute Gasteiger partial charge is 0.387 e. The molecule has 1 saturated carbocycles. The number of nitrogens with two attached hydrogens (primary N) is 1. The summed E-state index contributed by atoms with van der Waals surface area (Å²) in [6.07, 6.45) is 8.51. The van der Waals surface area contributed by atoms with E-state index in [2.05, 4.69) is 27.2 Å². The number of hydrogen-bond donors (Lipinski definition) is 3. The highest BCUT2D eigenvalue weighted by atomic mass is 19.1. The SMILES string of the molecule is CCCN(C(=O)CO)[C@H](CC)CCc1nc2c(-c3ccc(-c4n[nH]c(C)c4F)nc3)cnn2c(N)c1C1CC1. The lowest BCUT2D eigenvalue weighted by atomic mass is 10.00. The molecule has 10 nitrogen and oxygen atoms in total. The highest BCUT2D eigenvalue weighted by Gasteiger charge is 2.32. The number of hydrogen-bond acceptors (Lipinski definition) is 7. The summed E-state index contributed by atoms with van der Waals surface area (Å²) in [4.78, 5) is 23.7. The van der Waals surface area contributed by atoms with Crippen molar-refractivity contribution >= 4 is 17.4 Å². The topological polar surface area (TPSA) is 138 Å². The summed E-state index contributed by atoms with van der Waals surface area (Å²) < 4.78 is 16.0. The van der Waals surface area contributed by atoms with Gasteiger partial charge in [-0.3, -0.25) is 14.9 Å². The van der Waals surface area contributed by atoms with Crippen LogP contribution in [0.2, 0.25) is 0 Å². The summed E-state index contributed by atoms with van der Waals surface area (Å²) in [5.41, 5.74) is 11.8. The van der Waals surface area contributed by atoms with E-state index >= 15 is 0 Å². The molecule has 1 fully saturated rings. The van der Waals surface area contributed by atoms with E-state index in [1.54, 1.807) is 34.8 Å². The second-order valence-electron chi connectivity index (χ2n) is 10.2. The van der Waals surface area contributed by atoms with Gasteiger partial charge in [0.15, 0.2) is 11.5 Å². The van der Waals surface area contributed by atoms with E-state index in [-0.39, 0.29) is 17.6 Å². The van der Waals surface area contributed by atoms with E-state index in [1.807, 2.05) is 13.0 Å². The molecular weight excluding hydrogens is 499 g/mol. The molecule has 11 heteroatoms. The molecule has 0 aliphatic heterocycles. The summed E-state index contributed by atoms with van der Waals surface area (Å²) >= 11 is 0. The minimum atomic E-state index is -0.487. The van der Waals surface area contributed by atoms with Crippen molar-refractivity contribution in [2.45, 2.75) is 71.3 Å². The van der Waals surface area contributed by atoms with Gasteiger partial charge in [0.1, 0.15) is 18.1 Å². The molecule has 0 aromatic carbocycles. The minimum Gasteiger partial charge on any atom is -0.387 e. The maximum Gasteiger partial charge on any atom is 0.248 e. The smallest absolute Gasteiger partial charge is 0.248 e. The second-order valence-corrected chi connectivity index (χ2v) is 10.2. The Bertz CT molecular complexity index is 1480. The minimum absolute atomic E-state index is 0.00287. The lowest BCUT2D eigenvalue weighted by Gasteiger charge is -2.31. The zero-order valence-corrected chi connectivity index (χ0v) is 22.6. The van der Waals surface area contributed by atoms with Gasteiger partial charge in [-0.25, -0.2) is 9.37 Å². The first-order valence-electron chi connectivity index (χ1n) is 13.6. The monoisotopic (exact) mass is 534 g/mol. The fourth-order valence-electron chi connectivity index (χ4n) is 5.29. The summed E-state index contributed by atoms with van der Waals surface area (Å²) in [7, 11) is 0. The van der Waals surface area contributed by atoms with E-state index < -0.39 is 12.4 Å². The number of aromatic nitrogens is 6. The number of halogens is 1. The summed E-state index contributed by atoms with van der Waals surface area (Å²) in [5.74, 6) is 0.297. The van der Waals surface area contributed by atoms with Crippen molar-refractivity contribution in [3.8, 4) is 22.5 Å². The van der Waals surface area contributed by atoms with Crippen LogP contribution in [0.25, 0.3) is 28.2 Å². The number of aromatic amines is 1. The van der Waals surface area contributed by atoms with Gasteiger partial charge in [0.2, 0.25) is 5.91 Å². The number of nitrogens with one attached hydrogen (secondary N) is 1. The fraction of sp³-hybridized carbons (Fsp3) is 0.464. The van der Waals surface area contributed by atoms with Crippen LogP contribution in [-0.4, -0.2) is 64.9 Å². The van der Waals surface area contributed by atoms with Crippen LogP contribution in [0, 0.1) is 12.7 Å². The fourth-order valence-corrected chi connectivity index (χ4v) is 5.29. The van der Waals surface area contributed by atoms with Crippen molar-refractivity contribution in [3.63, 3.8) is 0 Å². The molecule has 1 amide bonds. The molecule has 0 bridgehead atoms. The Kier molecular flexibility index (Phi) is 7.60. The molecule has 0 unspecified atom stereocenters. The first-order chi connectivity index (χ1) is 18.9. The maximum atomic E-state index is 14.3. The van der Waals surface area contributed by atoms with Gasteiger partial charge in [-0.1, -0.05) is 19.9 Å². The third kappa shape index (κ3) is 5.10. The number of fused-ring (bicyclic) bond motifs is 1. The van der Waals surface area contributed by atoms with Crippen molar-refractivity contribution in [3.05, 3.63) is 47.3 Å². The van der Waals surface area contributed by atoms with Gasteiger partial charge in [-0.15, -0.1) is 0 Å². The van der Waals surface area contributed by atoms with Crippen LogP contribution in [0.1, 0.15) is 68.8 Å². The van der Waals surface area contributed by atoms with E-state index in [4.69, 9.17) is 10.7 Å². The number of aliphatic hydroxyl groups is 1. The molecule has 0 spiro atoms. The summed E-state index contributed by atoms with van der Waals surface area (Å²) in [5, 5.41) is 20.7. The number of nitrogen functional groups attached to an aromatic ring is 1. The van der Waals surface area contributed by atoms with Gasteiger partial charge in [0, 0.05) is 35.5 Å². The molecule has 0 saturated heterocycles. The summed E-state index contributed by atoms with van der Waals surface area (Å²) in [6, 6.07) is 3.58. The number of rotatable bonds is 11. The highest BCUT2D eigenvalue weighted by molar-refractivity contribution is 5.79. The van der Waals surface area contributed by atoms with Crippen LogP contribution >= 0.6 is 0 Å². The lowest BCUT2D eigenvalue weighted by Crippen LogP contribution is -2.42. The van der Waals surface area contributed by atoms with Crippen LogP contribution < -0.4 is 5.73 Å². The van der Waals surface area contributed by atoms with Crippen LogP contribution in [-0.2, 0) is 11.2 Å². The van der Waals surface area contributed by atoms with Crippen LogP contribution in [0.3, 0.4) is 0 Å². The average Bonchev–Trinajstić information content (AvgIpc) is 3.60. The molecule has 1 aliphatic rings. The molecule has 206 valence electrons. The number of aliphatic hydroxyl groups excluding tert-OH is 1. The van der Waals surface area contributed by atoms with Gasteiger partial charge < -0.3 is 15.7 Å². The molecule has 0 radical (unpaired) electrons. The van der Waals surface area contributed by atoms with Gasteiger partial charge in [-0.05, 0) is 57.4 Å². The summed E-state index contributed by atoms with van der Waals surface area (Å²) in [6.45, 7) is 5.84. The number of carbonyl (C=O) groups is 1. The van der Waals surface area contributed by atoms with Gasteiger partial charge in [0.05, 0.1) is 23.3 Å². The molecule has 1 atom stereocenters. The number of amides is 1. The van der Waals surface area contributed by atoms with Crippen molar-refractivity contribution in [2.24, 2.45) is 0 Å². The van der Waals surface area contributed by atoms with Crippen molar-refractivity contribution in [1.29, 1.82) is 0 Å². The number of aryl methyl sites for hydroxylation is 2. The van der Waals surface area contributed by atoms with E-state index in [1.165, 1.54) is 0 Å². The van der Waals surface area contributed by atoms with E-state index in [0.717, 1.165) is 54.5 Å². The second kappa shape index (κ2) is 11.1. The van der Waals surface area contributed by atoms with Gasteiger partial charge in [0.25, 0.3) is 0 Å². The number of nitrogens with zero attached hydrogens (tertiary/aromatic N) is 6. The van der Waals surface area contributed by atoms with Gasteiger partial charge in [-0.2, -0.15) is 14.7 Å². The number of carbonyl (C=O) groups excluding carboxylic acids is 1. The predicted octanol–water partition coefficient (Wildman–Crippen LogP) is 4.03. The van der Waals surface area contributed by atoms with Crippen molar-refractivity contribution in [2.75, 3.05) is 18.9 Å². The van der Waals surface area contributed by atoms with Crippen molar-refractivity contribution < 1.29 is 14.3 Å². The number of pyridine rings is 1. The number of H-pyrrole nitrogens is 1. The normalized spacial score (nSPS) is 14.2. The Morgan fingerprint density at radius 3 is 2.69 bits per heavy atom. The maximum absolute atomic E-state index is 14.3. The molecule has 4 aromatic rings. The van der Waals surface area contributed by atoms with Gasteiger partial charge >= 0.3 is 0 Å². The lowest BCUT2D eigenvalue weighted by molar-refractivity contribution is -0.136. The van der Waals surface area contributed by atoms with Crippen LogP contribution in [0.4, 0.5) is 10.2 Å². The molecule has 5 rings (SSSR count). The molecule has 4 heterocycles. The molecular formula is C28H35FN8O2. The molecule has 4 N–H and O–H groups in total. The first-order valence-corrected chi connectivity index (χ1v) is 13.6. The Morgan fingerprint density at radius 1 is 1.31 bits per heavy atom. The Morgan fingerprint density at radius 2 is 2.10 bits per heavy atom. The standard InChI is InChI=1S/C28H35FN8O2/c1-4-12-36(23(39)15-38)19(5-2)9-11-21-24(17-6-7-17)27(30)37-28(33-21)20(14-32-37)18-8-10-22(31-13-18)26-25(29)16(3)34-35-26/h8,10,13-14,17,19,38H,4-7,9,11-12,15,30H2,1-3H3,(H,34,35)/t19-/m1/s1. The number of anilines is 1. The van der Waals surface area contributed by atoms with Crippen LogP contribution in [0.5, 0.6) is 0 Å². The third-order valence-electron chi connectivity index (χ3n) is 7.52. The average molecular weight is 535 g/mol. The first kappa shape index (κ1) is 26.7. The molecule has 4 aromatic heterocycles. The quantitative estimate of drug-likeness (QED) is 0.264. The Hall–Kier alpha value is -3.86. The highest BCUT2D eigenvalue weighted by Crippen LogP contribution is 2.45.